The first kappa shape index (κ1) is 13.8. The van der Waals surface area contributed by atoms with Crippen LogP contribution in [0.25, 0.3) is 11.5 Å². The van der Waals surface area contributed by atoms with E-state index in [1.54, 1.807) is 10.9 Å². The highest BCUT2D eigenvalue weighted by molar-refractivity contribution is 6.20. The Balaban J connectivity index is 1.80. The highest BCUT2D eigenvalue weighted by atomic mass is 35.5. The predicted molar refractivity (Wildman–Crippen MR) is 74.9 cm³/mol. The largest absolute Gasteiger partial charge is 0.466 e. The zero-order valence-electron chi connectivity index (χ0n) is 11.9. The number of hydrogen-bond acceptors (Lipinski definition) is 6. The molecule has 0 fully saturated rings. The zero-order chi connectivity index (χ0) is 15.0. The third-order valence-electron chi connectivity index (χ3n) is 3.00. The maximum Gasteiger partial charge on any atom is 0.251 e. The van der Waals surface area contributed by atoms with Gasteiger partial charge in [0, 0.05) is 0 Å². The van der Waals surface area contributed by atoms with E-state index in [1.807, 2.05) is 26.8 Å². The summed E-state index contributed by atoms with van der Waals surface area (Å²) < 4.78 is 12.7. The van der Waals surface area contributed by atoms with Crippen LogP contribution >= 0.6 is 11.6 Å². The topological polar surface area (TPSA) is 82.8 Å². The molecule has 3 heterocycles. The van der Waals surface area contributed by atoms with E-state index >= 15 is 0 Å². The highest BCUT2D eigenvalue weighted by Crippen LogP contribution is 2.25. The number of aryl methyl sites for hydroxylation is 2. The third-order valence-corrected chi connectivity index (χ3v) is 3.22. The van der Waals surface area contributed by atoms with Crippen LogP contribution in [0.5, 0.6) is 0 Å². The minimum atomic E-state index is -0.187. The second kappa shape index (κ2) is 5.33. The van der Waals surface area contributed by atoms with Gasteiger partial charge in [-0.25, -0.2) is 4.68 Å². The van der Waals surface area contributed by atoms with Gasteiger partial charge in [0.05, 0.1) is 17.1 Å². The molecule has 3 aromatic heterocycles. The zero-order valence-corrected chi connectivity index (χ0v) is 12.6. The molecule has 0 aliphatic heterocycles. The fourth-order valence-corrected chi connectivity index (χ4v) is 2.08. The molecular weight excluding hydrogens is 294 g/mol. The molecule has 3 aromatic rings. The first-order valence-corrected chi connectivity index (χ1v) is 6.90. The Kier molecular flexibility index (Phi) is 3.50. The molecule has 8 heteroatoms. The van der Waals surface area contributed by atoms with Gasteiger partial charge in [0.15, 0.2) is 0 Å². The van der Waals surface area contributed by atoms with Crippen molar-refractivity contribution < 1.29 is 8.83 Å². The number of nitrogens with zero attached hydrogens (tertiary/aromatic N) is 5. The molecule has 1 unspecified atom stereocenters. The van der Waals surface area contributed by atoms with Gasteiger partial charge in [-0.15, -0.1) is 26.9 Å². The van der Waals surface area contributed by atoms with Crippen LogP contribution in [0, 0.1) is 13.8 Å². The molecule has 0 spiro atoms. The number of rotatable bonds is 4. The average molecular weight is 308 g/mol. The minimum Gasteiger partial charge on any atom is -0.466 e. The fraction of sp³-hybridized carbons (Fsp3) is 0.385. The van der Waals surface area contributed by atoms with E-state index in [4.69, 9.17) is 20.4 Å². The Morgan fingerprint density at radius 2 is 2.05 bits per heavy atom. The highest BCUT2D eigenvalue weighted by Gasteiger charge is 2.15. The number of halogens is 1. The Bertz CT molecular complexity index is 758. The summed E-state index contributed by atoms with van der Waals surface area (Å²) in [5.41, 5.74) is 1.51. The van der Waals surface area contributed by atoms with Crippen LogP contribution in [-0.2, 0) is 6.54 Å². The summed E-state index contributed by atoms with van der Waals surface area (Å²) in [6.45, 7) is 5.92. The number of furan rings is 1. The molecule has 0 radical (unpaired) electrons. The van der Waals surface area contributed by atoms with Crippen molar-refractivity contribution in [3.63, 3.8) is 0 Å². The predicted octanol–water partition coefficient (Wildman–Crippen LogP) is 2.89. The van der Waals surface area contributed by atoms with Gasteiger partial charge in [-0.1, -0.05) is 5.21 Å². The van der Waals surface area contributed by atoms with Crippen LogP contribution in [0.3, 0.4) is 0 Å². The van der Waals surface area contributed by atoms with E-state index < -0.39 is 0 Å². The Morgan fingerprint density at radius 1 is 1.24 bits per heavy atom. The van der Waals surface area contributed by atoms with Crippen molar-refractivity contribution >= 4 is 11.6 Å². The summed E-state index contributed by atoms with van der Waals surface area (Å²) in [6.07, 6.45) is 1.76. The molecule has 21 heavy (non-hydrogen) atoms. The van der Waals surface area contributed by atoms with Crippen LogP contribution in [0.4, 0.5) is 0 Å². The molecule has 0 saturated carbocycles. The van der Waals surface area contributed by atoms with Crippen LogP contribution in [0.15, 0.2) is 21.1 Å². The molecule has 110 valence electrons. The summed E-state index contributed by atoms with van der Waals surface area (Å²) >= 11 is 5.95. The molecule has 3 rings (SSSR count). The molecule has 0 saturated heterocycles. The number of alkyl halides is 1. The summed E-state index contributed by atoms with van der Waals surface area (Å²) in [5, 5.41) is 15.8. The molecule has 1 atom stereocenters. The normalized spacial score (nSPS) is 12.8. The van der Waals surface area contributed by atoms with E-state index in [0.29, 0.717) is 24.0 Å². The number of hydrogen-bond donors (Lipinski definition) is 0. The second-order valence-corrected chi connectivity index (χ2v) is 5.44. The Morgan fingerprint density at radius 3 is 2.67 bits per heavy atom. The first-order valence-electron chi connectivity index (χ1n) is 6.47. The van der Waals surface area contributed by atoms with Crippen molar-refractivity contribution in [3.05, 3.63) is 35.4 Å². The lowest BCUT2D eigenvalue weighted by atomic mass is 10.2. The van der Waals surface area contributed by atoms with Crippen LogP contribution in [-0.4, -0.2) is 25.2 Å². The molecule has 0 aromatic carbocycles. The lowest BCUT2D eigenvalue weighted by Gasteiger charge is -1.94. The third kappa shape index (κ3) is 2.82. The van der Waals surface area contributed by atoms with Gasteiger partial charge in [-0.3, -0.25) is 0 Å². The quantitative estimate of drug-likeness (QED) is 0.689. The van der Waals surface area contributed by atoms with Crippen LogP contribution in [0.1, 0.15) is 35.4 Å². The molecular formula is C13H14ClN5O2. The van der Waals surface area contributed by atoms with Crippen molar-refractivity contribution in [1.82, 2.24) is 25.2 Å². The van der Waals surface area contributed by atoms with Gasteiger partial charge in [0.25, 0.3) is 5.89 Å². The number of aromatic nitrogens is 5. The van der Waals surface area contributed by atoms with Gasteiger partial charge in [0.2, 0.25) is 5.89 Å². The summed E-state index contributed by atoms with van der Waals surface area (Å²) in [4.78, 5) is 0. The van der Waals surface area contributed by atoms with Gasteiger partial charge < -0.3 is 8.83 Å². The van der Waals surface area contributed by atoms with Crippen molar-refractivity contribution in [2.75, 3.05) is 0 Å². The monoisotopic (exact) mass is 307 g/mol. The minimum absolute atomic E-state index is 0.187. The Hall–Kier alpha value is -2.15. The van der Waals surface area contributed by atoms with Gasteiger partial charge in [-0.05, 0) is 26.8 Å². The molecule has 0 N–H and O–H groups in total. The van der Waals surface area contributed by atoms with Crippen LogP contribution in [0.2, 0.25) is 0 Å². The van der Waals surface area contributed by atoms with E-state index in [2.05, 4.69) is 20.5 Å². The molecule has 0 aliphatic rings. The van der Waals surface area contributed by atoms with Crippen molar-refractivity contribution in [2.24, 2.45) is 0 Å². The van der Waals surface area contributed by atoms with E-state index in [9.17, 15) is 0 Å². The lowest BCUT2D eigenvalue weighted by Crippen LogP contribution is -2.00. The smallest absolute Gasteiger partial charge is 0.251 e. The van der Waals surface area contributed by atoms with Crippen LogP contribution < -0.4 is 0 Å². The summed E-state index contributed by atoms with van der Waals surface area (Å²) in [7, 11) is 0. The lowest BCUT2D eigenvalue weighted by molar-refractivity contribution is 0.466. The SMILES string of the molecule is Cc1cc(-c2nnc(Cn3cc(C(C)Cl)nn3)o2)c(C)o1. The van der Waals surface area contributed by atoms with Gasteiger partial charge in [-0.2, -0.15) is 0 Å². The fourth-order valence-electron chi connectivity index (χ4n) is 1.98. The standard InChI is InChI=1S/C13H14ClN5O2/c1-7-4-10(9(3)20-7)13-17-16-12(21-13)6-19-5-11(8(2)14)15-18-19/h4-5,8H,6H2,1-3H3. The van der Waals surface area contributed by atoms with Crippen molar-refractivity contribution in [3.8, 4) is 11.5 Å². The van der Waals surface area contributed by atoms with Crippen molar-refractivity contribution in [2.45, 2.75) is 32.7 Å². The maximum absolute atomic E-state index is 5.95. The first-order chi connectivity index (χ1) is 10.0. The second-order valence-electron chi connectivity index (χ2n) is 4.78. The maximum atomic E-state index is 5.95. The molecule has 7 nitrogen and oxygen atoms in total. The molecule has 0 aliphatic carbocycles. The summed E-state index contributed by atoms with van der Waals surface area (Å²) in [6, 6.07) is 1.87. The summed E-state index contributed by atoms with van der Waals surface area (Å²) in [5.74, 6) is 2.44. The molecule has 0 bridgehead atoms. The van der Waals surface area contributed by atoms with Gasteiger partial charge >= 0.3 is 0 Å². The molecule has 0 amide bonds. The van der Waals surface area contributed by atoms with E-state index in [0.717, 1.165) is 17.1 Å². The van der Waals surface area contributed by atoms with Gasteiger partial charge in [0.1, 0.15) is 23.8 Å². The van der Waals surface area contributed by atoms with Crippen molar-refractivity contribution in [1.29, 1.82) is 0 Å². The average Bonchev–Trinajstić information content (AvgIpc) is 3.10. The Labute approximate surface area is 125 Å². The van der Waals surface area contributed by atoms with E-state index in [1.165, 1.54) is 0 Å². The van der Waals surface area contributed by atoms with E-state index in [-0.39, 0.29) is 5.38 Å².